The summed E-state index contributed by atoms with van der Waals surface area (Å²) in [4.78, 5) is 23.3. The first-order chi connectivity index (χ1) is 11.9. The maximum atomic E-state index is 12.6. The van der Waals surface area contributed by atoms with Crippen molar-refractivity contribution in [3.8, 4) is 0 Å². The second-order valence-electron chi connectivity index (χ2n) is 6.59. The quantitative estimate of drug-likeness (QED) is 0.844. The van der Waals surface area contributed by atoms with Crippen molar-refractivity contribution in [1.82, 2.24) is 24.6 Å². The van der Waals surface area contributed by atoms with Crippen LogP contribution in [0.4, 0.5) is 0 Å². The molecule has 7 nitrogen and oxygen atoms in total. The van der Waals surface area contributed by atoms with Crippen LogP contribution in [0, 0.1) is 20.8 Å². The van der Waals surface area contributed by atoms with E-state index in [2.05, 4.69) is 15.1 Å². The van der Waals surface area contributed by atoms with Gasteiger partial charge in [0.25, 0.3) is 0 Å². The highest BCUT2D eigenvalue weighted by Gasteiger charge is 2.26. The minimum atomic E-state index is -0.182. The van der Waals surface area contributed by atoms with Gasteiger partial charge in [-0.2, -0.15) is 5.10 Å². The first-order valence-electron chi connectivity index (χ1n) is 8.63. The normalized spacial score (nSPS) is 17.8. The molecule has 3 rings (SSSR count). The first-order valence-corrected chi connectivity index (χ1v) is 8.63. The van der Waals surface area contributed by atoms with Crippen molar-refractivity contribution in [1.29, 1.82) is 0 Å². The summed E-state index contributed by atoms with van der Waals surface area (Å²) in [6.07, 6.45) is 3.00. The Hall–Kier alpha value is -2.28. The van der Waals surface area contributed by atoms with Crippen LogP contribution in [0.25, 0.3) is 0 Å². The highest BCUT2D eigenvalue weighted by molar-refractivity contribution is 5.76. The van der Waals surface area contributed by atoms with Gasteiger partial charge in [-0.25, -0.2) is 9.97 Å². The Balaban J connectivity index is 1.62. The number of amides is 1. The van der Waals surface area contributed by atoms with Crippen LogP contribution < -0.4 is 0 Å². The molecule has 7 heteroatoms. The molecule has 1 atom stereocenters. The second-order valence-corrected chi connectivity index (χ2v) is 6.59. The highest BCUT2D eigenvalue weighted by Crippen LogP contribution is 2.22. The number of ether oxygens (including phenoxy) is 1. The van der Waals surface area contributed by atoms with Gasteiger partial charge in [0.2, 0.25) is 5.91 Å². The predicted molar refractivity (Wildman–Crippen MR) is 93.0 cm³/mol. The number of carbonyl (C=O) groups is 1. The van der Waals surface area contributed by atoms with Crippen molar-refractivity contribution in [2.45, 2.75) is 39.7 Å². The van der Waals surface area contributed by atoms with Gasteiger partial charge in [-0.1, -0.05) is 0 Å². The average molecular weight is 343 g/mol. The molecule has 0 unspecified atom stereocenters. The van der Waals surface area contributed by atoms with E-state index < -0.39 is 0 Å². The van der Waals surface area contributed by atoms with Crippen LogP contribution in [-0.2, 0) is 23.0 Å². The number of morpholine rings is 1. The van der Waals surface area contributed by atoms with E-state index in [1.54, 1.807) is 4.68 Å². The van der Waals surface area contributed by atoms with Crippen LogP contribution in [0.1, 0.15) is 41.0 Å². The Labute approximate surface area is 148 Å². The molecule has 0 aliphatic carbocycles. The molecular weight excluding hydrogens is 318 g/mol. The molecular formula is C18H25N5O2. The summed E-state index contributed by atoms with van der Waals surface area (Å²) < 4.78 is 7.63. The molecule has 0 radical (unpaired) electrons. The van der Waals surface area contributed by atoms with Gasteiger partial charge in [0.15, 0.2) is 0 Å². The SMILES string of the molecule is Cc1cc([C@@H]2CN(C(=O)CCc3cn(C)nc3C)CCO2)nc(C)n1. The smallest absolute Gasteiger partial charge is 0.223 e. The van der Waals surface area contributed by atoms with Crippen molar-refractivity contribution in [3.05, 3.63) is 40.7 Å². The van der Waals surface area contributed by atoms with Gasteiger partial charge < -0.3 is 9.64 Å². The fourth-order valence-electron chi connectivity index (χ4n) is 3.26. The lowest BCUT2D eigenvalue weighted by Crippen LogP contribution is -2.42. The lowest BCUT2D eigenvalue weighted by molar-refractivity contribution is -0.139. The third kappa shape index (κ3) is 4.22. The maximum absolute atomic E-state index is 12.6. The molecule has 1 saturated heterocycles. The Morgan fingerprint density at radius 2 is 2.12 bits per heavy atom. The average Bonchev–Trinajstić information content (AvgIpc) is 2.89. The molecule has 3 heterocycles. The van der Waals surface area contributed by atoms with Crippen molar-refractivity contribution < 1.29 is 9.53 Å². The van der Waals surface area contributed by atoms with Gasteiger partial charge in [-0.3, -0.25) is 9.48 Å². The van der Waals surface area contributed by atoms with E-state index in [1.165, 1.54) is 0 Å². The van der Waals surface area contributed by atoms with Crippen LogP contribution in [0.5, 0.6) is 0 Å². The molecule has 134 valence electrons. The van der Waals surface area contributed by atoms with Crippen LogP contribution in [-0.4, -0.2) is 50.3 Å². The number of nitrogens with zero attached hydrogens (tertiary/aromatic N) is 5. The maximum Gasteiger partial charge on any atom is 0.223 e. The number of rotatable bonds is 4. The number of hydrogen-bond donors (Lipinski definition) is 0. The summed E-state index contributed by atoms with van der Waals surface area (Å²) in [6, 6.07) is 1.94. The summed E-state index contributed by atoms with van der Waals surface area (Å²) in [5.74, 6) is 0.883. The summed E-state index contributed by atoms with van der Waals surface area (Å²) in [5, 5.41) is 4.33. The van der Waals surface area contributed by atoms with Crippen molar-refractivity contribution in [2.24, 2.45) is 7.05 Å². The summed E-state index contributed by atoms with van der Waals surface area (Å²) in [7, 11) is 1.90. The van der Waals surface area contributed by atoms with E-state index in [0.717, 1.165) is 28.5 Å². The second kappa shape index (κ2) is 7.31. The van der Waals surface area contributed by atoms with E-state index in [0.29, 0.717) is 32.5 Å². The summed E-state index contributed by atoms with van der Waals surface area (Å²) in [6.45, 7) is 7.50. The van der Waals surface area contributed by atoms with E-state index in [1.807, 2.05) is 45.0 Å². The molecule has 0 saturated carbocycles. The predicted octanol–water partition coefficient (Wildman–Crippen LogP) is 1.67. The Kier molecular flexibility index (Phi) is 5.13. The van der Waals surface area contributed by atoms with Gasteiger partial charge in [0, 0.05) is 31.9 Å². The number of hydrogen-bond acceptors (Lipinski definition) is 5. The minimum absolute atomic E-state index is 0.152. The van der Waals surface area contributed by atoms with Crippen molar-refractivity contribution >= 4 is 5.91 Å². The van der Waals surface area contributed by atoms with Crippen LogP contribution >= 0.6 is 0 Å². The third-order valence-electron chi connectivity index (χ3n) is 4.46. The number of carbonyl (C=O) groups excluding carboxylic acids is 1. The fourth-order valence-corrected chi connectivity index (χ4v) is 3.26. The topological polar surface area (TPSA) is 73.1 Å². The van der Waals surface area contributed by atoms with Gasteiger partial charge in [0.05, 0.1) is 24.5 Å². The molecule has 0 aromatic carbocycles. The van der Waals surface area contributed by atoms with Crippen molar-refractivity contribution in [2.75, 3.05) is 19.7 Å². The molecule has 2 aromatic rings. The minimum Gasteiger partial charge on any atom is -0.368 e. The number of aromatic nitrogens is 4. The third-order valence-corrected chi connectivity index (χ3v) is 4.46. The van der Waals surface area contributed by atoms with E-state index in [4.69, 9.17) is 4.74 Å². The van der Waals surface area contributed by atoms with Gasteiger partial charge in [0.1, 0.15) is 11.9 Å². The van der Waals surface area contributed by atoms with E-state index >= 15 is 0 Å². The zero-order chi connectivity index (χ0) is 18.0. The molecule has 0 bridgehead atoms. The lowest BCUT2D eigenvalue weighted by atomic mass is 10.1. The van der Waals surface area contributed by atoms with E-state index in [-0.39, 0.29) is 12.0 Å². The monoisotopic (exact) mass is 343 g/mol. The lowest BCUT2D eigenvalue weighted by Gasteiger charge is -2.33. The molecule has 25 heavy (non-hydrogen) atoms. The van der Waals surface area contributed by atoms with Crippen LogP contribution in [0.3, 0.4) is 0 Å². The number of aryl methyl sites for hydroxylation is 5. The highest BCUT2D eigenvalue weighted by atomic mass is 16.5. The summed E-state index contributed by atoms with van der Waals surface area (Å²) in [5.41, 5.74) is 3.89. The first kappa shape index (κ1) is 17.5. The molecule has 1 fully saturated rings. The molecule has 1 amide bonds. The molecule has 1 aliphatic rings. The molecule has 2 aromatic heterocycles. The molecule has 1 aliphatic heterocycles. The Morgan fingerprint density at radius 3 is 2.80 bits per heavy atom. The fraction of sp³-hybridized carbons (Fsp3) is 0.556. The van der Waals surface area contributed by atoms with Gasteiger partial charge in [-0.15, -0.1) is 0 Å². The van der Waals surface area contributed by atoms with Gasteiger partial charge >= 0.3 is 0 Å². The van der Waals surface area contributed by atoms with Gasteiger partial charge in [-0.05, 0) is 38.8 Å². The largest absolute Gasteiger partial charge is 0.368 e. The standard InChI is InChI=1S/C18H25N5O2/c1-12-9-16(20-14(3)19-12)17-11-23(7-8-25-17)18(24)6-5-15-10-22(4)21-13(15)2/h9-10,17H,5-8,11H2,1-4H3/t17-/m0/s1. The zero-order valence-electron chi connectivity index (χ0n) is 15.3. The van der Waals surface area contributed by atoms with Crippen LogP contribution in [0.2, 0.25) is 0 Å². The van der Waals surface area contributed by atoms with Crippen LogP contribution in [0.15, 0.2) is 12.3 Å². The summed E-state index contributed by atoms with van der Waals surface area (Å²) >= 11 is 0. The molecule has 0 spiro atoms. The molecule has 0 N–H and O–H groups in total. The van der Waals surface area contributed by atoms with Crippen molar-refractivity contribution in [3.63, 3.8) is 0 Å². The Morgan fingerprint density at radius 1 is 1.32 bits per heavy atom. The zero-order valence-corrected chi connectivity index (χ0v) is 15.3. The Bertz CT molecular complexity index is 751. The van der Waals surface area contributed by atoms with E-state index in [9.17, 15) is 4.79 Å².